The molecular formula is C13H16N2O4. The second-order valence-electron chi connectivity index (χ2n) is 4.49. The number of nitrogens with two attached hydrogens (primary N) is 1. The number of ether oxygens (including phenoxy) is 1. The molecule has 2 rings (SSSR count). The molecule has 1 aliphatic heterocycles. The normalized spacial score (nSPS) is 16.0. The fourth-order valence-corrected chi connectivity index (χ4v) is 2.04. The average Bonchev–Trinajstić information content (AvgIpc) is 2.41. The highest BCUT2D eigenvalue weighted by Gasteiger charge is 2.23. The Morgan fingerprint density at radius 2 is 2.00 bits per heavy atom. The van der Waals surface area contributed by atoms with E-state index in [9.17, 15) is 9.59 Å². The van der Waals surface area contributed by atoms with Crippen LogP contribution in [-0.4, -0.2) is 30.2 Å². The molecule has 1 aromatic carbocycles. The summed E-state index contributed by atoms with van der Waals surface area (Å²) < 4.78 is 5.19. The van der Waals surface area contributed by atoms with Gasteiger partial charge in [-0.3, -0.25) is 4.79 Å². The van der Waals surface area contributed by atoms with E-state index < -0.39 is 5.97 Å². The quantitative estimate of drug-likeness (QED) is 0.715. The molecule has 19 heavy (non-hydrogen) atoms. The highest BCUT2D eigenvalue weighted by Crippen LogP contribution is 2.22. The molecule has 0 radical (unpaired) electrons. The second-order valence-corrected chi connectivity index (χ2v) is 4.49. The number of carboxylic acids is 1. The lowest BCUT2D eigenvalue weighted by Gasteiger charge is -2.21. The molecule has 6 nitrogen and oxygen atoms in total. The van der Waals surface area contributed by atoms with Crippen LogP contribution in [0.3, 0.4) is 0 Å². The van der Waals surface area contributed by atoms with E-state index in [0.717, 1.165) is 0 Å². The minimum Gasteiger partial charge on any atom is -0.478 e. The number of carbonyl (C=O) groups excluding carboxylic acids is 1. The lowest BCUT2D eigenvalue weighted by molar-refractivity contribution is -0.122. The number of amides is 1. The summed E-state index contributed by atoms with van der Waals surface area (Å²) in [4.78, 5) is 23.1. The third kappa shape index (κ3) is 3.23. The van der Waals surface area contributed by atoms with Crippen LogP contribution >= 0.6 is 0 Å². The zero-order valence-corrected chi connectivity index (χ0v) is 10.4. The topological polar surface area (TPSA) is 102 Å². The van der Waals surface area contributed by atoms with Gasteiger partial charge in [0.1, 0.15) is 0 Å². The molecule has 0 aliphatic carbocycles. The molecule has 4 N–H and O–H groups in total. The highest BCUT2D eigenvalue weighted by molar-refractivity contribution is 6.01. The molecule has 0 unspecified atom stereocenters. The van der Waals surface area contributed by atoms with Gasteiger partial charge in [0.15, 0.2) is 0 Å². The first-order chi connectivity index (χ1) is 9.08. The van der Waals surface area contributed by atoms with E-state index in [1.807, 2.05) is 0 Å². The molecule has 0 spiro atoms. The summed E-state index contributed by atoms with van der Waals surface area (Å²) in [5.41, 5.74) is 6.17. The smallest absolute Gasteiger partial charge is 0.337 e. The van der Waals surface area contributed by atoms with Gasteiger partial charge in [-0.2, -0.15) is 0 Å². The van der Waals surface area contributed by atoms with Crippen molar-refractivity contribution in [1.29, 1.82) is 0 Å². The van der Waals surface area contributed by atoms with Crippen molar-refractivity contribution in [3.05, 3.63) is 23.8 Å². The third-order valence-electron chi connectivity index (χ3n) is 3.12. The molecular weight excluding hydrogens is 248 g/mol. The predicted octanol–water partition coefficient (Wildman–Crippen LogP) is 1.33. The monoisotopic (exact) mass is 264 g/mol. The fourth-order valence-electron chi connectivity index (χ4n) is 2.04. The summed E-state index contributed by atoms with van der Waals surface area (Å²) in [6.07, 6.45) is 1.31. The summed E-state index contributed by atoms with van der Waals surface area (Å²) >= 11 is 0. The number of hydrogen-bond donors (Lipinski definition) is 3. The van der Waals surface area contributed by atoms with Gasteiger partial charge >= 0.3 is 5.97 Å². The summed E-state index contributed by atoms with van der Waals surface area (Å²) in [6, 6.07) is 4.41. The minimum absolute atomic E-state index is 0.000379. The van der Waals surface area contributed by atoms with Crippen molar-refractivity contribution in [2.75, 3.05) is 24.3 Å². The number of nitrogen functional groups attached to an aromatic ring is 1. The Morgan fingerprint density at radius 3 is 2.63 bits per heavy atom. The van der Waals surface area contributed by atoms with E-state index in [1.54, 1.807) is 6.07 Å². The molecule has 1 saturated heterocycles. The van der Waals surface area contributed by atoms with Crippen molar-refractivity contribution in [3.8, 4) is 0 Å². The van der Waals surface area contributed by atoms with Crippen molar-refractivity contribution in [2.24, 2.45) is 5.92 Å². The van der Waals surface area contributed by atoms with E-state index in [2.05, 4.69) is 5.32 Å². The second kappa shape index (κ2) is 5.71. The Balaban J connectivity index is 2.13. The molecule has 1 fully saturated rings. The van der Waals surface area contributed by atoms with Crippen molar-refractivity contribution < 1.29 is 19.4 Å². The van der Waals surface area contributed by atoms with Crippen LogP contribution in [0, 0.1) is 5.92 Å². The molecule has 1 amide bonds. The van der Waals surface area contributed by atoms with Crippen molar-refractivity contribution in [1.82, 2.24) is 0 Å². The van der Waals surface area contributed by atoms with Gasteiger partial charge in [0, 0.05) is 24.8 Å². The molecule has 1 aromatic rings. The van der Waals surface area contributed by atoms with Gasteiger partial charge < -0.3 is 20.9 Å². The van der Waals surface area contributed by atoms with Crippen LogP contribution in [-0.2, 0) is 9.53 Å². The molecule has 0 atom stereocenters. The molecule has 102 valence electrons. The summed E-state index contributed by atoms with van der Waals surface area (Å²) in [7, 11) is 0. The van der Waals surface area contributed by atoms with Crippen LogP contribution in [0.1, 0.15) is 23.2 Å². The lowest BCUT2D eigenvalue weighted by atomic mass is 9.99. The van der Waals surface area contributed by atoms with Gasteiger partial charge in [-0.1, -0.05) is 0 Å². The van der Waals surface area contributed by atoms with Crippen LogP contribution in [0.4, 0.5) is 11.4 Å². The van der Waals surface area contributed by atoms with Crippen molar-refractivity contribution >= 4 is 23.3 Å². The number of hydrogen-bond acceptors (Lipinski definition) is 4. The van der Waals surface area contributed by atoms with Gasteiger partial charge in [0.25, 0.3) is 0 Å². The Morgan fingerprint density at radius 1 is 1.32 bits per heavy atom. The minimum atomic E-state index is -1.12. The van der Waals surface area contributed by atoms with Gasteiger partial charge in [-0.25, -0.2) is 4.79 Å². The number of nitrogens with one attached hydrogen (secondary N) is 1. The number of anilines is 2. The van der Waals surface area contributed by atoms with E-state index in [-0.39, 0.29) is 23.1 Å². The molecule has 0 aromatic heterocycles. The van der Waals surface area contributed by atoms with Crippen molar-refractivity contribution in [2.45, 2.75) is 12.8 Å². The number of aromatic carboxylic acids is 1. The third-order valence-corrected chi connectivity index (χ3v) is 3.12. The average molecular weight is 264 g/mol. The number of rotatable bonds is 3. The Kier molecular flexibility index (Phi) is 4.01. The zero-order chi connectivity index (χ0) is 13.8. The molecule has 1 heterocycles. The van der Waals surface area contributed by atoms with Gasteiger partial charge in [0.2, 0.25) is 5.91 Å². The van der Waals surface area contributed by atoms with Crippen LogP contribution < -0.4 is 11.1 Å². The Hall–Kier alpha value is -2.08. The maximum Gasteiger partial charge on any atom is 0.337 e. The maximum atomic E-state index is 12.0. The number of carboxylic acid groups (broad SMARTS) is 1. The van der Waals surface area contributed by atoms with Crippen LogP contribution in [0.15, 0.2) is 18.2 Å². The summed E-state index contributed by atoms with van der Waals surface area (Å²) in [6.45, 7) is 1.12. The van der Waals surface area contributed by atoms with Crippen LogP contribution in [0.2, 0.25) is 0 Å². The van der Waals surface area contributed by atoms with E-state index in [0.29, 0.717) is 31.7 Å². The summed E-state index contributed by atoms with van der Waals surface area (Å²) in [5, 5.41) is 11.7. The molecule has 1 aliphatic rings. The standard InChI is InChI=1S/C13H16N2O4/c14-9-1-2-11(10(7-9)13(17)18)15-12(16)8-3-5-19-6-4-8/h1-2,7-8H,3-6,14H2,(H,15,16)(H,17,18). The van der Waals surface area contributed by atoms with Crippen molar-refractivity contribution in [3.63, 3.8) is 0 Å². The number of carbonyl (C=O) groups is 2. The van der Waals surface area contributed by atoms with E-state index in [1.165, 1.54) is 12.1 Å². The van der Waals surface area contributed by atoms with Crippen LogP contribution in [0.25, 0.3) is 0 Å². The molecule has 6 heteroatoms. The van der Waals surface area contributed by atoms with Gasteiger partial charge in [-0.15, -0.1) is 0 Å². The highest BCUT2D eigenvalue weighted by atomic mass is 16.5. The first kappa shape index (κ1) is 13.4. The number of benzene rings is 1. The van der Waals surface area contributed by atoms with Crippen LogP contribution in [0.5, 0.6) is 0 Å². The SMILES string of the molecule is Nc1ccc(NC(=O)C2CCOCC2)c(C(=O)O)c1. The maximum absolute atomic E-state index is 12.0. The predicted molar refractivity (Wildman–Crippen MR) is 70.0 cm³/mol. The first-order valence-corrected chi connectivity index (χ1v) is 6.09. The van der Waals surface area contributed by atoms with E-state index in [4.69, 9.17) is 15.6 Å². The first-order valence-electron chi connectivity index (χ1n) is 6.09. The lowest BCUT2D eigenvalue weighted by Crippen LogP contribution is -2.29. The van der Waals surface area contributed by atoms with E-state index >= 15 is 0 Å². The molecule has 0 saturated carbocycles. The fraction of sp³-hybridized carbons (Fsp3) is 0.385. The Bertz CT molecular complexity index is 495. The van der Waals surface area contributed by atoms with Gasteiger partial charge in [-0.05, 0) is 31.0 Å². The largest absolute Gasteiger partial charge is 0.478 e. The van der Waals surface area contributed by atoms with Gasteiger partial charge in [0.05, 0.1) is 11.3 Å². The molecule has 0 bridgehead atoms. The zero-order valence-electron chi connectivity index (χ0n) is 10.4. The Labute approximate surface area is 110 Å². The summed E-state index contributed by atoms with van der Waals surface area (Å²) in [5.74, 6) is -1.42.